The molecule has 292 valence electrons. The molecule has 0 spiro atoms. The number of aromatic nitrogens is 2. The van der Waals surface area contributed by atoms with Crippen molar-refractivity contribution in [2.75, 3.05) is 19.6 Å². The van der Waals surface area contributed by atoms with Gasteiger partial charge in [0.15, 0.2) is 0 Å². The van der Waals surface area contributed by atoms with Crippen molar-refractivity contribution in [1.29, 1.82) is 5.26 Å². The highest BCUT2D eigenvalue weighted by Crippen LogP contribution is 2.57. The first-order chi connectivity index (χ1) is 28.0. The highest BCUT2D eigenvalue weighted by atomic mass is 35.5. The van der Waals surface area contributed by atoms with Crippen molar-refractivity contribution in [2.45, 2.75) is 84.3 Å². The average Bonchev–Trinajstić information content (AvgIpc) is 3.69. The monoisotopic (exact) mass is 788 g/mol. The molecule has 4 aromatic rings. The number of carbonyl (C=O) groups excluding carboxylic acids is 3. The minimum absolute atomic E-state index is 0.119. The third-order valence-electron chi connectivity index (χ3n) is 13.5. The maximum absolute atomic E-state index is 13.2. The molecule has 10 rings (SSSR count). The van der Waals surface area contributed by atoms with Crippen LogP contribution in [0.3, 0.4) is 0 Å². The zero-order chi connectivity index (χ0) is 40.2. The van der Waals surface area contributed by atoms with Crippen LogP contribution in [0.5, 0.6) is 0 Å². The lowest BCUT2D eigenvalue weighted by Gasteiger charge is -2.54. The number of hydrogen-bond donors (Lipinski definition) is 1. The van der Waals surface area contributed by atoms with E-state index in [-0.39, 0.29) is 23.7 Å². The number of nitriles is 1. The van der Waals surface area contributed by atoms with Crippen LogP contribution in [0.25, 0.3) is 11.3 Å². The zero-order valence-corrected chi connectivity index (χ0v) is 33.7. The molecular formula is C48H45ClN6O3. The molecule has 1 N–H and O–H groups in total. The molecule has 5 fully saturated rings. The van der Waals surface area contributed by atoms with Gasteiger partial charge in [0.05, 0.1) is 22.8 Å². The van der Waals surface area contributed by atoms with Crippen molar-refractivity contribution >= 4 is 29.3 Å². The minimum atomic E-state index is -0.608. The number of halogens is 1. The van der Waals surface area contributed by atoms with E-state index in [9.17, 15) is 19.6 Å². The summed E-state index contributed by atoms with van der Waals surface area (Å²) in [5, 5.41) is 17.0. The largest absolute Gasteiger partial charge is 0.322 e. The predicted molar refractivity (Wildman–Crippen MR) is 221 cm³/mol. The lowest BCUT2D eigenvalue weighted by molar-refractivity contribution is -0.136. The van der Waals surface area contributed by atoms with E-state index in [2.05, 4.69) is 78.1 Å². The fourth-order valence-corrected chi connectivity index (χ4v) is 9.88. The molecule has 1 aromatic heterocycles. The first-order valence-corrected chi connectivity index (χ1v) is 20.7. The van der Waals surface area contributed by atoms with E-state index >= 15 is 0 Å². The molecule has 9 nitrogen and oxygen atoms in total. The van der Waals surface area contributed by atoms with Gasteiger partial charge in [0.25, 0.3) is 5.91 Å². The van der Waals surface area contributed by atoms with Gasteiger partial charge in [-0.2, -0.15) is 10.4 Å². The number of nitrogens with zero attached hydrogens (tertiary/aromatic N) is 5. The summed E-state index contributed by atoms with van der Waals surface area (Å²) in [5.74, 6) is 13.6. The standard InChI is InChI=1S/C48H45ClN6O3/c1-31-32(2)55(52-44(31)37-11-12-38(25-50)41(49)24-37)28-35-6-3-33(4-7-35)15-16-47-17-20-48(21-18-47,22-19-47)30-53-26-36(27-53)8-5-34-9-10-39-29-54(46(58)40(39)23-34)42-13-14-43(56)51-45(42)57/h3-4,6-7,9-12,23-24,36,42H,13-14,17-22,26-30H2,1-2H3,(H,51,56,57). The fraction of sp³-hybridized carbons (Fsp3) is 0.396. The van der Waals surface area contributed by atoms with Crippen LogP contribution in [0, 0.1) is 65.6 Å². The van der Waals surface area contributed by atoms with Crippen LogP contribution in [0.1, 0.15) is 101 Å². The number of benzene rings is 3. The average molecular weight is 789 g/mol. The molecule has 0 radical (unpaired) electrons. The molecule has 1 unspecified atom stereocenters. The molecule has 4 heterocycles. The number of hydrogen-bond acceptors (Lipinski definition) is 6. The van der Waals surface area contributed by atoms with E-state index in [1.807, 2.05) is 35.0 Å². The van der Waals surface area contributed by atoms with Gasteiger partial charge in [-0.25, -0.2) is 0 Å². The molecule has 10 heteroatoms. The smallest absolute Gasteiger partial charge is 0.255 e. The van der Waals surface area contributed by atoms with Crippen molar-refractivity contribution in [2.24, 2.45) is 16.7 Å². The Hall–Kier alpha value is -5.66. The van der Waals surface area contributed by atoms with Gasteiger partial charge in [-0.05, 0) is 117 Å². The molecule has 2 saturated heterocycles. The number of carbonyl (C=O) groups is 3. The molecule has 3 aliphatic heterocycles. The third kappa shape index (κ3) is 7.21. The highest BCUT2D eigenvalue weighted by molar-refractivity contribution is 6.32. The van der Waals surface area contributed by atoms with Crippen LogP contribution in [0.2, 0.25) is 5.02 Å². The summed E-state index contributed by atoms with van der Waals surface area (Å²) >= 11 is 6.32. The normalized spacial score (nSPS) is 23.9. The van der Waals surface area contributed by atoms with Gasteiger partial charge in [0.2, 0.25) is 11.8 Å². The summed E-state index contributed by atoms with van der Waals surface area (Å²) in [6, 6.07) is 21.3. The van der Waals surface area contributed by atoms with Gasteiger partial charge in [0.1, 0.15) is 12.1 Å². The lowest BCUT2D eigenvalue weighted by Crippen LogP contribution is -2.54. The van der Waals surface area contributed by atoms with E-state index in [0.717, 1.165) is 83.7 Å². The van der Waals surface area contributed by atoms with Crippen LogP contribution < -0.4 is 5.32 Å². The lowest BCUT2D eigenvalue weighted by atomic mass is 9.53. The van der Waals surface area contributed by atoms with Crippen molar-refractivity contribution in [3.8, 4) is 41.0 Å². The van der Waals surface area contributed by atoms with Crippen LogP contribution in [0.15, 0.2) is 60.7 Å². The van der Waals surface area contributed by atoms with E-state index < -0.39 is 11.9 Å². The van der Waals surface area contributed by atoms with E-state index in [4.69, 9.17) is 16.7 Å². The van der Waals surface area contributed by atoms with Crippen LogP contribution in [-0.2, 0) is 22.7 Å². The Morgan fingerprint density at radius 1 is 0.914 bits per heavy atom. The Bertz CT molecular complexity index is 2510. The summed E-state index contributed by atoms with van der Waals surface area (Å²) in [5.41, 5.74) is 9.49. The number of piperidine rings is 1. The molecule has 3 saturated carbocycles. The number of nitrogens with one attached hydrogen (secondary N) is 1. The van der Waals surface area contributed by atoms with Crippen molar-refractivity contribution in [3.05, 3.63) is 110 Å². The van der Waals surface area contributed by atoms with Gasteiger partial charge in [-0.1, -0.05) is 59.5 Å². The summed E-state index contributed by atoms with van der Waals surface area (Å²) in [7, 11) is 0. The SMILES string of the molecule is Cc1c(-c2ccc(C#N)c(Cl)c2)nn(Cc2ccc(C#CC34CCC(CN5CC(C#Cc6ccc7c(c6)C(=O)N(C6CCC(=O)NC6=O)C7)C5)(CC3)CC4)cc2)c1C. The van der Waals surface area contributed by atoms with Crippen LogP contribution in [0.4, 0.5) is 0 Å². The van der Waals surface area contributed by atoms with Crippen LogP contribution in [-0.4, -0.2) is 63.0 Å². The van der Waals surface area contributed by atoms with E-state index in [1.54, 1.807) is 11.0 Å². The quantitative estimate of drug-likeness (QED) is 0.164. The summed E-state index contributed by atoms with van der Waals surface area (Å²) < 4.78 is 2.03. The number of fused-ring (bicyclic) bond motifs is 4. The molecule has 3 amide bonds. The number of imide groups is 1. The van der Waals surface area contributed by atoms with Crippen molar-refractivity contribution in [3.63, 3.8) is 0 Å². The number of likely N-dealkylation sites (tertiary alicyclic amines) is 1. The van der Waals surface area contributed by atoms with Gasteiger partial charge < -0.3 is 9.80 Å². The fourth-order valence-electron chi connectivity index (χ4n) is 9.66. The second-order valence-electron chi connectivity index (χ2n) is 17.2. The Labute approximate surface area is 344 Å². The van der Waals surface area contributed by atoms with Gasteiger partial charge in [0, 0.05) is 71.9 Å². The molecule has 58 heavy (non-hydrogen) atoms. The Morgan fingerprint density at radius 3 is 2.36 bits per heavy atom. The first-order valence-electron chi connectivity index (χ1n) is 20.4. The van der Waals surface area contributed by atoms with Crippen LogP contribution >= 0.6 is 11.6 Å². The minimum Gasteiger partial charge on any atom is -0.322 e. The summed E-state index contributed by atoms with van der Waals surface area (Å²) in [6.45, 7) is 8.30. The Balaban J connectivity index is 0.755. The molecule has 2 bridgehead atoms. The Morgan fingerprint density at radius 2 is 1.66 bits per heavy atom. The first kappa shape index (κ1) is 37.9. The predicted octanol–water partition coefficient (Wildman–Crippen LogP) is 7.18. The second-order valence-corrected chi connectivity index (χ2v) is 17.6. The van der Waals surface area contributed by atoms with Crippen molar-refractivity contribution in [1.82, 2.24) is 24.9 Å². The number of amides is 3. The van der Waals surface area contributed by atoms with E-state index in [0.29, 0.717) is 47.0 Å². The molecule has 1 atom stereocenters. The summed E-state index contributed by atoms with van der Waals surface area (Å²) in [4.78, 5) is 41.4. The zero-order valence-electron chi connectivity index (χ0n) is 33.0. The maximum Gasteiger partial charge on any atom is 0.255 e. The molecule has 3 aliphatic carbocycles. The van der Waals surface area contributed by atoms with Crippen molar-refractivity contribution < 1.29 is 14.4 Å². The third-order valence-corrected chi connectivity index (χ3v) is 13.8. The summed E-state index contributed by atoms with van der Waals surface area (Å²) in [6.07, 6.45) is 7.79. The topological polar surface area (TPSA) is 111 Å². The van der Waals surface area contributed by atoms with E-state index in [1.165, 1.54) is 19.3 Å². The van der Waals surface area contributed by atoms with Gasteiger partial charge in [-0.3, -0.25) is 24.4 Å². The molecule has 3 aromatic carbocycles. The second kappa shape index (κ2) is 14.9. The van der Waals surface area contributed by atoms with Gasteiger partial charge in [-0.15, -0.1) is 0 Å². The van der Waals surface area contributed by atoms with Gasteiger partial charge >= 0.3 is 0 Å². The maximum atomic E-state index is 13.2. The molecular weight excluding hydrogens is 744 g/mol. The Kier molecular flexibility index (Phi) is 9.76. The highest BCUT2D eigenvalue weighted by Gasteiger charge is 2.49. The number of rotatable bonds is 6. The molecule has 6 aliphatic rings.